The van der Waals surface area contributed by atoms with Crippen molar-refractivity contribution in [2.24, 2.45) is 5.92 Å². The van der Waals surface area contributed by atoms with E-state index in [4.69, 9.17) is 9.90 Å². The zero-order valence-corrected chi connectivity index (χ0v) is 24.1. The van der Waals surface area contributed by atoms with Crippen LogP contribution in [0.1, 0.15) is 42.2 Å². The van der Waals surface area contributed by atoms with Gasteiger partial charge in [-0.1, -0.05) is 17.8 Å². The first kappa shape index (κ1) is 29.8. The van der Waals surface area contributed by atoms with Crippen LogP contribution in [0.2, 0.25) is 0 Å². The third-order valence-corrected chi connectivity index (χ3v) is 10.2. The zero-order chi connectivity index (χ0) is 27.2. The molecule has 37 heavy (non-hydrogen) atoms. The van der Waals surface area contributed by atoms with Gasteiger partial charge >= 0.3 is 0 Å². The summed E-state index contributed by atoms with van der Waals surface area (Å²) in [5.41, 5.74) is -1.17. The van der Waals surface area contributed by atoms with Gasteiger partial charge in [0.2, 0.25) is 5.60 Å². The molecule has 1 aromatic heterocycles. The Kier molecular flexibility index (Phi) is 10.3. The monoisotopic (exact) mass is 614 g/mol. The fourth-order valence-corrected chi connectivity index (χ4v) is 7.78. The molecule has 0 saturated carbocycles. The Morgan fingerprint density at radius 1 is 1.35 bits per heavy atom. The highest BCUT2D eigenvalue weighted by Crippen LogP contribution is 2.40. The number of halogens is 2. The second kappa shape index (κ2) is 12.8. The van der Waals surface area contributed by atoms with Crippen molar-refractivity contribution in [3.63, 3.8) is 0 Å². The van der Waals surface area contributed by atoms with Crippen LogP contribution in [0, 0.1) is 18.7 Å². The van der Waals surface area contributed by atoms with Gasteiger partial charge in [-0.05, 0) is 63.5 Å². The van der Waals surface area contributed by atoms with E-state index in [9.17, 15) is 19.1 Å². The van der Waals surface area contributed by atoms with E-state index in [1.807, 2.05) is 11.4 Å². The van der Waals surface area contributed by atoms with Crippen molar-refractivity contribution in [3.8, 4) is 0 Å². The topological polar surface area (TPSA) is 107 Å². The number of carbonyl (C=O) groups is 3. The quantitative estimate of drug-likeness (QED) is 0.269. The van der Waals surface area contributed by atoms with Crippen molar-refractivity contribution in [3.05, 3.63) is 55.9 Å². The molecule has 7 nitrogen and oxygen atoms in total. The van der Waals surface area contributed by atoms with E-state index in [1.165, 1.54) is 35.2 Å². The van der Waals surface area contributed by atoms with Crippen molar-refractivity contribution >= 4 is 56.5 Å². The summed E-state index contributed by atoms with van der Waals surface area (Å²) < 4.78 is 15.6. The van der Waals surface area contributed by atoms with Crippen LogP contribution in [0.15, 0.2) is 34.1 Å². The third kappa shape index (κ3) is 6.81. The van der Waals surface area contributed by atoms with Gasteiger partial charge in [-0.25, -0.2) is 4.39 Å². The molecule has 2 aromatic rings. The maximum Gasteiger partial charge on any atom is 0.262 e. The molecule has 2 atom stereocenters. The maximum absolute atomic E-state index is 14.0. The lowest BCUT2D eigenvalue weighted by Gasteiger charge is -2.53. The molecule has 0 aliphatic carbocycles. The first-order valence-electron chi connectivity index (χ1n) is 12.1. The summed E-state index contributed by atoms with van der Waals surface area (Å²) in [6, 6.07) is 6.13. The van der Waals surface area contributed by atoms with E-state index in [-0.39, 0.29) is 17.0 Å². The normalized spacial score (nSPS) is 23.9. The van der Waals surface area contributed by atoms with Crippen molar-refractivity contribution in [2.75, 3.05) is 31.9 Å². The van der Waals surface area contributed by atoms with Gasteiger partial charge in [0.15, 0.2) is 5.12 Å². The molecule has 3 fully saturated rings. The van der Waals surface area contributed by atoms with Crippen molar-refractivity contribution in [1.82, 2.24) is 5.32 Å². The summed E-state index contributed by atoms with van der Waals surface area (Å²) in [6.07, 6.45) is 3.06. The predicted octanol–water partition coefficient (Wildman–Crippen LogP) is 2.96. The Morgan fingerprint density at radius 3 is 2.59 bits per heavy atom. The van der Waals surface area contributed by atoms with Crippen LogP contribution < -0.4 is 10.4 Å². The van der Waals surface area contributed by atoms with Gasteiger partial charge in [0, 0.05) is 42.9 Å². The highest BCUT2D eigenvalue weighted by molar-refractivity contribution is 9.10. The molecule has 2 bridgehead atoms. The minimum Gasteiger partial charge on any atom is -0.554 e. The number of quaternary nitrogens is 1. The Morgan fingerprint density at radius 2 is 2.03 bits per heavy atom. The smallest absolute Gasteiger partial charge is 0.262 e. The number of piperidine rings is 3. The number of fused-ring (bicyclic) bond motifs is 3. The van der Waals surface area contributed by atoms with E-state index < -0.39 is 18.0 Å². The maximum atomic E-state index is 14.0. The van der Waals surface area contributed by atoms with Gasteiger partial charge in [-0.15, -0.1) is 11.3 Å². The molecule has 3 aliphatic heterocycles. The Hall–Kier alpha value is -1.79. The summed E-state index contributed by atoms with van der Waals surface area (Å²) in [4.78, 5) is 33.8. The fraction of sp³-hybridized carbons (Fsp3) is 0.500. The van der Waals surface area contributed by atoms with Crippen LogP contribution in [0.25, 0.3) is 0 Å². The number of nitrogens with zero attached hydrogens (tertiary/aromatic N) is 1. The second-order valence-electron chi connectivity index (χ2n) is 9.67. The molecule has 2 N–H and O–H groups in total. The summed E-state index contributed by atoms with van der Waals surface area (Å²) in [6.45, 7) is 6.76. The number of hydrogen-bond donors (Lipinski definition) is 2. The van der Waals surface area contributed by atoms with Gasteiger partial charge < -0.3 is 24.8 Å². The minimum atomic E-state index is -1.92. The molecule has 1 unspecified atom stereocenters. The van der Waals surface area contributed by atoms with Gasteiger partial charge in [-0.3, -0.25) is 9.59 Å². The summed E-state index contributed by atoms with van der Waals surface area (Å²) in [7, 11) is 0. The molecular weight excluding hydrogens is 583 g/mol. The van der Waals surface area contributed by atoms with E-state index in [0.717, 1.165) is 55.7 Å². The number of rotatable bonds is 8. The molecule has 202 valence electrons. The predicted molar refractivity (Wildman–Crippen MR) is 144 cm³/mol. The van der Waals surface area contributed by atoms with E-state index in [0.29, 0.717) is 26.4 Å². The van der Waals surface area contributed by atoms with Crippen LogP contribution in [0.5, 0.6) is 0 Å². The molecule has 3 aliphatic rings. The van der Waals surface area contributed by atoms with Gasteiger partial charge in [0.1, 0.15) is 5.82 Å². The number of aliphatic hydroxyl groups is 1. The number of nitrogens with one attached hydrogen (secondary N) is 1. The number of amides is 1. The highest BCUT2D eigenvalue weighted by atomic mass is 79.9. The molecule has 0 radical (unpaired) electrons. The molecule has 4 heterocycles. The molecule has 0 spiro atoms. The highest BCUT2D eigenvalue weighted by Gasteiger charge is 2.49. The second-order valence-corrected chi connectivity index (χ2v) is 12.7. The number of aryl methyl sites for hydroxylation is 1. The summed E-state index contributed by atoms with van der Waals surface area (Å²) >= 11 is 6.15. The third-order valence-electron chi connectivity index (χ3n) is 7.35. The van der Waals surface area contributed by atoms with E-state index in [1.54, 1.807) is 19.9 Å². The first-order chi connectivity index (χ1) is 17.6. The average molecular weight is 616 g/mol. The van der Waals surface area contributed by atoms with Crippen LogP contribution in [-0.4, -0.2) is 65.1 Å². The summed E-state index contributed by atoms with van der Waals surface area (Å²) in [5, 5.41) is 25.3. The van der Waals surface area contributed by atoms with E-state index >= 15 is 0 Å². The molecule has 1 aromatic carbocycles. The molecule has 1 amide bonds. The SMILES string of the molecule is CC(=O)SCCC[N+]12CCC(CC1)[C@@H](NC(=O)C(O)(c1ccc(F)c(C)c1)c1sccc1Br)C2.O=C[O-]. The number of carboxylic acid groups (broad SMARTS) is 1. The minimum absolute atomic E-state index is 0.0257. The molecule has 3 saturated heterocycles. The average Bonchev–Trinajstić information content (AvgIpc) is 3.30. The largest absolute Gasteiger partial charge is 0.554 e. The molecule has 11 heteroatoms. The number of thioether (sulfide) groups is 1. The fourth-order valence-electron chi connectivity index (χ4n) is 5.44. The molecular formula is C26H32BrFN2O5S2. The molecule has 5 rings (SSSR count). The van der Waals surface area contributed by atoms with Gasteiger partial charge in [0.25, 0.3) is 5.91 Å². The number of thiophene rings is 1. The van der Waals surface area contributed by atoms with Crippen LogP contribution in [0.4, 0.5) is 4.39 Å². The van der Waals surface area contributed by atoms with Gasteiger partial charge in [0.05, 0.1) is 37.1 Å². The number of carbonyl (C=O) groups excluding carboxylic acids is 3. The van der Waals surface area contributed by atoms with E-state index in [2.05, 4.69) is 21.2 Å². The van der Waals surface area contributed by atoms with Crippen LogP contribution in [-0.2, 0) is 20.0 Å². The van der Waals surface area contributed by atoms with Crippen LogP contribution >= 0.6 is 39.0 Å². The Labute approximate surface area is 233 Å². The van der Waals surface area contributed by atoms with Crippen molar-refractivity contribution < 1.29 is 33.5 Å². The summed E-state index contributed by atoms with van der Waals surface area (Å²) in [5.74, 6) is 0.377. The van der Waals surface area contributed by atoms with Crippen molar-refractivity contribution in [1.29, 1.82) is 0 Å². The van der Waals surface area contributed by atoms with Crippen molar-refractivity contribution in [2.45, 2.75) is 44.8 Å². The zero-order valence-electron chi connectivity index (χ0n) is 20.9. The Bertz CT molecular complexity index is 1120. The number of benzene rings is 1. The van der Waals surface area contributed by atoms with Gasteiger partial charge in [-0.2, -0.15) is 0 Å². The lowest BCUT2D eigenvalue weighted by molar-refractivity contribution is -0.943. The van der Waals surface area contributed by atoms with Crippen LogP contribution in [0.3, 0.4) is 0 Å². The number of hydrogen-bond acceptors (Lipinski definition) is 7. The standard InChI is InChI=1S/C25H30BrFN2O3S2.CH2O2/c1-16-14-19(4-5-21(16)27)25(32,23-20(26)8-13-34-23)24(31)28-22-15-29(9-3-12-33-17(2)30)10-6-18(22)7-11-29;2-1-3/h4-5,8,13-14,18,22,32H,3,6-7,9-12,15H2,1-2H3;1H,(H,2,3)/t18?,22-,25?,29?;/m0./s1. The Balaban J connectivity index is 0.00000121. The lowest BCUT2D eigenvalue weighted by atomic mass is 9.80. The first-order valence-corrected chi connectivity index (χ1v) is 14.8. The lowest BCUT2D eigenvalue weighted by Crippen LogP contribution is -2.68.